The van der Waals surface area contributed by atoms with Crippen molar-refractivity contribution in [1.82, 2.24) is 5.32 Å². The molecule has 1 heterocycles. The van der Waals surface area contributed by atoms with Crippen LogP contribution in [0.4, 0.5) is 5.69 Å². The zero-order valence-electron chi connectivity index (χ0n) is 15.0. The molecule has 2 aromatic rings. The van der Waals surface area contributed by atoms with Gasteiger partial charge in [-0.15, -0.1) is 0 Å². The zero-order chi connectivity index (χ0) is 18.4. The summed E-state index contributed by atoms with van der Waals surface area (Å²) in [6.45, 7) is 3.20. The Morgan fingerprint density at radius 3 is 2.50 bits per heavy atom. The van der Waals surface area contributed by atoms with E-state index >= 15 is 0 Å². The van der Waals surface area contributed by atoms with Crippen LogP contribution in [-0.2, 0) is 16.0 Å². The van der Waals surface area contributed by atoms with Crippen molar-refractivity contribution in [3.05, 3.63) is 60.2 Å². The van der Waals surface area contributed by atoms with Crippen molar-refractivity contribution in [1.29, 1.82) is 0 Å². The highest BCUT2D eigenvalue weighted by Gasteiger charge is 2.39. The van der Waals surface area contributed by atoms with E-state index in [1.165, 1.54) is 10.5 Å². The third kappa shape index (κ3) is 4.29. The minimum absolute atomic E-state index is 0.167. The summed E-state index contributed by atoms with van der Waals surface area (Å²) in [5, 5.41) is 3.23. The predicted octanol–water partition coefficient (Wildman–Crippen LogP) is 2.94. The maximum absolute atomic E-state index is 12.6. The van der Waals surface area contributed by atoms with E-state index in [1.54, 1.807) is 24.3 Å². The Bertz CT molecular complexity index is 744. The Balaban J connectivity index is 1.53. The number of imide groups is 1. The molecule has 0 spiro atoms. The molecule has 1 aliphatic heterocycles. The zero-order valence-corrected chi connectivity index (χ0v) is 15.0. The van der Waals surface area contributed by atoms with Crippen LogP contribution in [0.5, 0.6) is 5.75 Å². The summed E-state index contributed by atoms with van der Waals surface area (Å²) in [7, 11) is 0. The van der Waals surface area contributed by atoms with Crippen LogP contribution in [0.25, 0.3) is 0 Å². The number of carbonyl (C=O) groups is 2. The molecular formula is C21H24N2O3. The number of aryl methyl sites for hydroxylation is 1. The van der Waals surface area contributed by atoms with Crippen LogP contribution < -0.4 is 15.0 Å². The highest BCUT2D eigenvalue weighted by molar-refractivity contribution is 6.22. The monoisotopic (exact) mass is 352 g/mol. The summed E-state index contributed by atoms with van der Waals surface area (Å²) in [5.74, 6) is 0.379. The smallest absolute Gasteiger partial charge is 0.251 e. The molecule has 0 aromatic heterocycles. The summed E-state index contributed by atoms with van der Waals surface area (Å²) in [6.07, 6.45) is 2.08. The Kier molecular flexibility index (Phi) is 6.02. The first-order valence-electron chi connectivity index (χ1n) is 9.06. The van der Waals surface area contributed by atoms with Gasteiger partial charge in [0, 0.05) is 0 Å². The Hall–Kier alpha value is -2.66. The number of hydrogen-bond donors (Lipinski definition) is 1. The number of anilines is 1. The first-order valence-corrected chi connectivity index (χ1v) is 9.06. The molecule has 1 aliphatic rings. The van der Waals surface area contributed by atoms with Crippen molar-refractivity contribution in [3.8, 4) is 5.75 Å². The van der Waals surface area contributed by atoms with Gasteiger partial charge in [-0.1, -0.05) is 30.3 Å². The quantitative estimate of drug-likeness (QED) is 0.586. The molecule has 1 saturated heterocycles. The molecular weight excluding hydrogens is 328 g/mol. The lowest BCUT2D eigenvalue weighted by molar-refractivity contribution is -0.121. The topological polar surface area (TPSA) is 58.6 Å². The molecule has 2 amide bonds. The molecule has 3 rings (SSSR count). The lowest BCUT2D eigenvalue weighted by Crippen LogP contribution is -2.39. The molecule has 5 nitrogen and oxygen atoms in total. The molecule has 0 aliphatic carbocycles. The molecule has 5 heteroatoms. The molecule has 0 saturated carbocycles. The molecule has 0 radical (unpaired) electrons. The standard InChI is InChI=1S/C21H24N2O3/c1-2-26-18-12-10-17(11-13-18)23-20(24)15-19(21(23)25)22-14-6-9-16-7-4-3-5-8-16/h3-5,7-8,10-13,19,22H,2,6,9,14-15H2,1H3/t19-/m1/s1. The number of nitrogens with zero attached hydrogens (tertiary/aromatic N) is 1. The van der Waals surface area contributed by atoms with Crippen molar-refractivity contribution in [3.63, 3.8) is 0 Å². The van der Waals surface area contributed by atoms with E-state index in [9.17, 15) is 9.59 Å². The van der Waals surface area contributed by atoms with Gasteiger partial charge >= 0.3 is 0 Å². The fourth-order valence-corrected chi connectivity index (χ4v) is 3.13. The fourth-order valence-electron chi connectivity index (χ4n) is 3.13. The van der Waals surface area contributed by atoms with Crippen molar-refractivity contribution >= 4 is 17.5 Å². The van der Waals surface area contributed by atoms with E-state index in [2.05, 4.69) is 17.4 Å². The number of carbonyl (C=O) groups excluding carboxylic acids is 2. The van der Waals surface area contributed by atoms with Crippen molar-refractivity contribution in [2.24, 2.45) is 0 Å². The third-order valence-corrected chi connectivity index (χ3v) is 4.43. The van der Waals surface area contributed by atoms with E-state index in [0.29, 0.717) is 18.8 Å². The van der Waals surface area contributed by atoms with E-state index in [1.807, 2.05) is 25.1 Å². The lowest BCUT2D eigenvalue weighted by Gasteiger charge is -2.16. The largest absolute Gasteiger partial charge is 0.494 e. The van der Waals surface area contributed by atoms with Crippen molar-refractivity contribution in [2.75, 3.05) is 18.1 Å². The number of ether oxygens (including phenoxy) is 1. The highest BCUT2D eigenvalue weighted by atomic mass is 16.5. The summed E-state index contributed by atoms with van der Waals surface area (Å²) in [5.41, 5.74) is 1.87. The van der Waals surface area contributed by atoms with Gasteiger partial charge in [0.2, 0.25) is 5.91 Å². The van der Waals surface area contributed by atoms with E-state index < -0.39 is 6.04 Å². The van der Waals surface area contributed by atoms with Crippen LogP contribution >= 0.6 is 0 Å². The first kappa shape index (κ1) is 18.1. The fraction of sp³-hybridized carbons (Fsp3) is 0.333. The second kappa shape index (κ2) is 8.63. The normalized spacial score (nSPS) is 17.0. The Morgan fingerprint density at radius 1 is 1.08 bits per heavy atom. The SMILES string of the molecule is CCOc1ccc(N2C(=O)C[C@@H](NCCCc3ccccc3)C2=O)cc1. The summed E-state index contributed by atoms with van der Waals surface area (Å²) >= 11 is 0. The predicted molar refractivity (Wildman–Crippen MR) is 101 cm³/mol. The minimum Gasteiger partial charge on any atom is -0.494 e. The van der Waals surface area contributed by atoms with Gasteiger partial charge < -0.3 is 10.1 Å². The second-order valence-corrected chi connectivity index (χ2v) is 6.29. The molecule has 0 unspecified atom stereocenters. The summed E-state index contributed by atoms with van der Waals surface area (Å²) in [6, 6.07) is 16.9. The first-order chi connectivity index (χ1) is 12.7. The van der Waals surface area contributed by atoms with Crippen molar-refractivity contribution < 1.29 is 14.3 Å². The number of nitrogens with one attached hydrogen (secondary N) is 1. The van der Waals surface area contributed by atoms with Gasteiger partial charge in [0.05, 0.1) is 24.8 Å². The van der Waals surface area contributed by atoms with Gasteiger partial charge in [-0.2, -0.15) is 0 Å². The molecule has 0 bridgehead atoms. The molecule has 1 N–H and O–H groups in total. The van der Waals surface area contributed by atoms with Gasteiger partial charge in [-0.05, 0) is 56.1 Å². The summed E-state index contributed by atoms with van der Waals surface area (Å²) < 4.78 is 5.40. The number of amides is 2. The molecule has 26 heavy (non-hydrogen) atoms. The van der Waals surface area contributed by atoms with E-state index in [-0.39, 0.29) is 18.2 Å². The second-order valence-electron chi connectivity index (χ2n) is 6.29. The van der Waals surface area contributed by atoms with Crippen LogP contribution in [0.3, 0.4) is 0 Å². The van der Waals surface area contributed by atoms with Gasteiger partial charge in [0.15, 0.2) is 0 Å². The van der Waals surface area contributed by atoms with Crippen LogP contribution in [0.2, 0.25) is 0 Å². The van der Waals surface area contributed by atoms with Crippen LogP contribution in [0, 0.1) is 0 Å². The van der Waals surface area contributed by atoms with Gasteiger partial charge in [0.25, 0.3) is 5.91 Å². The lowest BCUT2D eigenvalue weighted by atomic mass is 10.1. The average Bonchev–Trinajstić information content (AvgIpc) is 2.94. The summed E-state index contributed by atoms with van der Waals surface area (Å²) in [4.78, 5) is 26.2. The highest BCUT2D eigenvalue weighted by Crippen LogP contribution is 2.25. The van der Waals surface area contributed by atoms with Crippen LogP contribution in [0.15, 0.2) is 54.6 Å². The maximum atomic E-state index is 12.6. The molecule has 1 atom stereocenters. The number of hydrogen-bond acceptors (Lipinski definition) is 4. The van der Waals surface area contributed by atoms with Crippen molar-refractivity contribution in [2.45, 2.75) is 32.2 Å². The number of rotatable bonds is 8. The Labute approximate surface area is 154 Å². The van der Waals surface area contributed by atoms with E-state index in [0.717, 1.165) is 18.6 Å². The maximum Gasteiger partial charge on any atom is 0.251 e. The van der Waals surface area contributed by atoms with Crippen LogP contribution in [0.1, 0.15) is 25.3 Å². The molecule has 2 aromatic carbocycles. The molecule has 1 fully saturated rings. The molecule has 136 valence electrons. The van der Waals surface area contributed by atoms with E-state index in [4.69, 9.17) is 4.74 Å². The average molecular weight is 352 g/mol. The van der Waals surface area contributed by atoms with Gasteiger partial charge in [0.1, 0.15) is 5.75 Å². The van der Waals surface area contributed by atoms with Gasteiger partial charge in [-0.25, -0.2) is 4.90 Å². The Morgan fingerprint density at radius 2 is 1.81 bits per heavy atom. The third-order valence-electron chi connectivity index (χ3n) is 4.43. The number of benzene rings is 2. The van der Waals surface area contributed by atoms with Gasteiger partial charge in [-0.3, -0.25) is 9.59 Å². The minimum atomic E-state index is -0.440. The van der Waals surface area contributed by atoms with Crippen LogP contribution in [-0.4, -0.2) is 31.0 Å².